The Morgan fingerprint density at radius 3 is 1.98 bits per heavy atom. The number of allylic oxidation sites excluding steroid dienone is 2. The third kappa shape index (κ3) is 4.17. The van der Waals surface area contributed by atoms with Crippen LogP contribution < -0.4 is 5.01 Å². The number of hydrogen-bond donors (Lipinski definition) is 0. The lowest BCUT2D eigenvalue weighted by atomic mass is 9.54. The van der Waals surface area contributed by atoms with Crippen molar-refractivity contribution in [2.24, 2.45) is 10.5 Å². The number of halogens is 3. The van der Waals surface area contributed by atoms with Crippen LogP contribution in [-0.4, -0.2) is 17.9 Å². The number of rotatable bonds is 4. The molecule has 1 heterocycles. The molecule has 3 aromatic rings. The molecular weight excluding hydrogens is 517 g/mol. The lowest BCUT2D eigenvalue weighted by Gasteiger charge is -2.45. The Balaban J connectivity index is 1.71. The molecule has 5 rings (SSSR count). The van der Waals surface area contributed by atoms with Gasteiger partial charge in [-0.2, -0.15) is 33.8 Å². The van der Waals surface area contributed by atoms with Gasteiger partial charge in [0.25, 0.3) is 5.91 Å². The predicted octanol–water partition coefficient (Wildman–Crippen LogP) is 6.25. The number of hydrogen-bond acceptors (Lipinski definition) is 5. The van der Waals surface area contributed by atoms with Crippen molar-refractivity contribution in [2.75, 3.05) is 5.01 Å². The number of aldehydes is 1. The number of amides is 1. The molecule has 0 unspecified atom stereocenters. The summed E-state index contributed by atoms with van der Waals surface area (Å²) in [5.74, 6) is -1.79. The van der Waals surface area contributed by atoms with Crippen molar-refractivity contribution in [1.82, 2.24) is 0 Å². The average Bonchev–Trinajstić information content (AvgIpc) is 3.22. The summed E-state index contributed by atoms with van der Waals surface area (Å²) in [4.78, 5) is 27.0. The summed E-state index contributed by atoms with van der Waals surface area (Å²) in [6, 6.07) is 21.8. The largest absolute Gasteiger partial charge is 0.416 e. The molecule has 40 heavy (non-hydrogen) atoms. The van der Waals surface area contributed by atoms with Crippen LogP contribution in [0.25, 0.3) is 0 Å². The van der Waals surface area contributed by atoms with E-state index in [1.165, 1.54) is 12.1 Å². The maximum Gasteiger partial charge on any atom is 0.416 e. The molecular formula is C31H21F3N4O2. The zero-order valence-electron chi connectivity index (χ0n) is 21.2. The highest BCUT2D eigenvalue weighted by Crippen LogP contribution is 2.59. The molecule has 2 aliphatic rings. The first-order valence-electron chi connectivity index (χ1n) is 12.4. The Kier molecular flexibility index (Phi) is 6.60. The van der Waals surface area contributed by atoms with Crippen LogP contribution in [0.15, 0.2) is 89.5 Å². The minimum Gasteiger partial charge on any atom is -0.298 e. The molecule has 1 spiro atoms. The zero-order chi connectivity index (χ0) is 28.7. The van der Waals surface area contributed by atoms with E-state index in [0.717, 1.165) is 22.7 Å². The molecule has 0 saturated heterocycles. The van der Waals surface area contributed by atoms with Crippen LogP contribution in [0.3, 0.4) is 0 Å². The first kappa shape index (κ1) is 26.6. The Bertz CT molecular complexity index is 1630. The van der Waals surface area contributed by atoms with Gasteiger partial charge in [0.15, 0.2) is 0 Å². The van der Waals surface area contributed by atoms with Gasteiger partial charge in [-0.25, -0.2) is 0 Å². The van der Waals surface area contributed by atoms with Crippen molar-refractivity contribution in [2.45, 2.75) is 31.4 Å². The highest BCUT2D eigenvalue weighted by atomic mass is 19.4. The predicted molar refractivity (Wildman–Crippen MR) is 141 cm³/mol. The quantitative estimate of drug-likeness (QED) is 0.367. The first-order valence-corrected chi connectivity index (χ1v) is 12.4. The van der Waals surface area contributed by atoms with Gasteiger partial charge in [0.1, 0.15) is 11.7 Å². The lowest BCUT2D eigenvalue weighted by molar-refractivity contribution is -0.137. The van der Waals surface area contributed by atoms with Crippen LogP contribution in [0.1, 0.15) is 53.0 Å². The van der Waals surface area contributed by atoms with E-state index < -0.39 is 34.9 Å². The van der Waals surface area contributed by atoms with Gasteiger partial charge in [-0.05, 0) is 78.6 Å². The molecule has 1 aliphatic heterocycles. The average molecular weight is 539 g/mol. The van der Waals surface area contributed by atoms with Crippen LogP contribution in [0.5, 0.6) is 0 Å². The second-order valence-corrected chi connectivity index (χ2v) is 9.73. The van der Waals surface area contributed by atoms with Crippen molar-refractivity contribution in [1.29, 1.82) is 10.5 Å². The second kappa shape index (κ2) is 9.94. The lowest BCUT2D eigenvalue weighted by Crippen LogP contribution is -2.50. The van der Waals surface area contributed by atoms with Gasteiger partial charge in [-0.15, -0.1) is 0 Å². The van der Waals surface area contributed by atoms with Crippen LogP contribution in [0, 0.1) is 28.1 Å². The van der Waals surface area contributed by atoms with E-state index >= 15 is 0 Å². The number of alkyl halides is 3. The summed E-state index contributed by atoms with van der Waals surface area (Å²) < 4.78 is 39.6. The third-order valence-electron chi connectivity index (χ3n) is 7.71. The standard InChI is InChI=1S/C31H21F3N4O2/c1-19-30(29(40)38(37-19)26-13-11-25(12-14-26)31(32,33)34)27(22-6-2-20(16-35)3-7-22)15-10-24(18-39)28(30)23-8-4-21(17-36)5-9-23/h2-14,18,27-28H,15H2,1H3/t27-,28+,30+/m0/s1. The molecule has 0 N–H and O–H groups in total. The van der Waals surface area contributed by atoms with Crippen LogP contribution in [-0.2, 0) is 15.8 Å². The highest BCUT2D eigenvalue weighted by molar-refractivity contribution is 6.21. The number of carbonyl (C=O) groups excluding carboxylic acids is 2. The SMILES string of the molecule is CC1=NN(c2ccc(C(F)(F)F)cc2)C(=O)[C@@]12[C@H](c1ccc(C#N)cc1)CC=C(C=O)[C@H]2c1ccc(C#N)cc1. The molecule has 0 saturated carbocycles. The Morgan fingerprint density at radius 2 is 1.48 bits per heavy atom. The minimum atomic E-state index is -4.54. The Morgan fingerprint density at radius 1 is 0.925 bits per heavy atom. The number of hydrazone groups is 1. The monoisotopic (exact) mass is 538 g/mol. The molecule has 0 radical (unpaired) electrons. The summed E-state index contributed by atoms with van der Waals surface area (Å²) in [6.07, 6.45) is -1.74. The maximum absolute atomic E-state index is 14.6. The number of benzene rings is 3. The molecule has 0 fully saturated rings. The molecule has 1 amide bonds. The summed E-state index contributed by atoms with van der Waals surface area (Å²) in [7, 11) is 0. The Hall–Kier alpha value is -5.02. The summed E-state index contributed by atoms with van der Waals surface area (Å²) in [6.45, 7) is 1.68. The molecule has 6 nitrogen and oxygen atoms in total. The van der Waals surface area contributed by atoms with E-state index in [1.807, 2.05) is 0 Å². The van der Waals surface area contributed by atoms with Gasteiger partial charge >= 0.3 is 6.18 Å². The molecule has 3 atom stereocenters. The number of nitrogens with zero attached hydrogens (tertiary/aromatic N) is 4. The molecule has 198 valence electrons. The summed E-state index contributed by atoms with van der Waals surface area (Å²) in [5, 5.41) is 24.3. The van der Waals surface area contributed by atoms with Gasteiger partial charge in [-0.3, -0.25) is 9.59 Å². The van der Waals surface area contributed by atoms with Gasteiger partial charge < -0.3 is 0 Å². The molecule has 9 heteroatoms. The molecule has 1 aliphatic carbocycles. The fourth-order valence-electron chi connectivity index (χ4n) is 5.84. The summed E-state index contributed by atoms with van der Waals surface area (Å²) in [5.41, 5.74) is 0.876. The molecule has 0 bridgehead atoms. The summed E-state index contributed by atoms with van der Waals surface area (Å²) >= 11 is 0. The van der Waals surface area contributed by atoms with Crippen molar-refractivity contribution >= 4 is 23.6 Å². The fraction of sp³-hybridized carbons (Fsp3) is 0.194. The van der Waals surface area contributed by atoms with Gasteiger partial charge in [-0.1, -0.05) is 30.3 Å². The fourth-order valence-corrected chi connectivity index (χ4v) is 5.84. The third-order valence-corrected chi connectivity index (χ3v) is 7.71. The van der Waals surface area contributed by atoms with Crippen molar-refractivity contribution < 1.29 is 22.8 Å². The van der Waals surface area contributed by atoms with Crippen LogP contribution in [0.4, 0.5) is 18.9 Å². The van der Waals surface area contributed by atoms with Crippen molar-refractivity contribution in [3.63, 3.8) is 0 Å². The van der Waals surface area contributed by atoms with E-state index in [4.69, 9.17) is 0 Å². The number of anilines is 1. The second-order valence-electron chi connectivity index (χ2n) is 9.73. The van der Waals surface area contributed by atoms with Crippen molar-refractivity contribution in [3.8, 4) is 12.1 Å². The van der Waals surface area contributed by atoms with Crippen molar-refractivity contribution in [3.05, 3.63) is 112 Å². The van der Waals surface area contributed by atoms with E-state index in [9.17, 15) is 33.3 Å². The highest BCUT2D eigenvalue weighted by Gasteiger charge is 2.61. The topological polar surface area (TPSA) is 97.3 Å². The zero-order valence-corrected chi connectivity index (χ0v) is 21.2. The molecule has 3 aromatic carbocycles. The van der Waals surface area contributed by atoms with Crippen LogP contribution in [0.2, 0.25) is 0 Å². The number of carbonyl (C=O) groups is 2. The minimum absolute atomic E-state index is 0.161. The molecule has 0 aromatic heterocycles. The van der Waals surface area contributed by atoms with E-state index in [0.29, 0.717) is 40.7 Å². The normalized spacial score (nSPS) is 22.4. The smallest absolute Gasteiger partial charge is 0.298 e. The van der Waals surface area contributed by atoms with Gasteiger partial charge in [0, 0.05) is 11.8 Å². The first-order chi connectivity index (χ1) is 19.1. The van der Waals surface area contributed by atoms with E-state index in [-0.39, 0.29) is 5.69 Å². The van der Waals surface area contributed by atoms with Gasteiger partial charge in [0.2, 0.25) is 0 Å². The van der Waals surface area contributed by atoms with Crippen LogP contribution >= 0.6 is 0 Å². The maximum atomic E-state index is 14.6. The van der Waals surface area contributed by atoms with Gasteiger partial charge in [0.05, 0.1) is 40.2 Å². The van der Waals surface area contributed by atoms with E-state index in [2.05, 4.69) is 17.2 Å². The van der Waals surface area contributed by atoms with E-state index in [1.54, 1.807) is 61.5 Å². The number of nitriles is 2. The Labute approximate surface area is 228 Å².